The number of carboxylic acid groups (broad SMARTS) is 1. The van der Waals surface area contributed by atoms with Gasteiger partial charge >= 0.3 is 5.97 Å². The van der Waals surface area contributed by atoms with Crippen molar-refractivity contribution in [2.24, 2.45) is 0 Å². The molecule has 0 unspecified atom stereocenters. The molecule has 0 aromatic heterocycles. The van der Waals surface area contributed by atoms with Crippen molar-refractivity contribution in [1.29, 1.82) is 0 Å². The molecule has 1 aliphatic rings. The molecule has 2 N–H and O–H groups in total. The molecule has 1 heterocycles. The summed E-state index contributed by atoms with van der Waals surface area (Å²) in [6, 6.07) is 11.8. The van der Waals surface area contributed by atoms with Gasteiger partial charge in [-0.05, 0) is 35.8 Å². The summed E-state index contributed by atoms with van der Waals surface area (Å²) < 4.78 is 0.328. The van der Waals surface area contributed by atoms with E-state index in [1.807, 2.05) is 24.3 Å². The molecule has 1 amide bonds. The molecule has 2 aromatic carbocycles. The van der Waals surface area contributed by atoms with Crippen molar-refractivity contribution in [3.05, 3.63) is 64.1 Å². The Kier molecular flexibility index (Phi) is 5.11. The van der Waals surface area contributed by atoms with Crippen molar-refractivity contribution in [3.63, 3.8) is 0 Å². The minimum absolute atomic E-state index is 0.231. The third-order valence-electron chi connectivity index (χ3n) is 3.95. The lowest BCUT2D eigenvalue weighted by Gasteiger charge is -2.15. The number of carbonyl (C=O) groups is 2. The number of hydrogen-bond donors (Lipinski definition) is 2. The minimum Gasteiger partial charge on any atom is -0.507 e. The van der Waals surface area contributed by atoms with E-state index >= 15 is 0 Å². The van der Waals surface area contributed by atoms with Gasteiger partial charge in [0.15, 0.2) is 4.32 Å². The number of rotatable bonds is 4. The lowest BCUT2D eigenvalue weighted by atomic mass is 10.1. The van der Waals surface area contributed by atoms with Crippen LogP contribution in [-0.2, 0) is 11.2 Å². The highest BCUT2D eigenvalue weighted by Crippen LogP contribution is 2.37. The van der Waals surface area contributed by atoms with Crippen LogP contribution in [0.25, 0.3) is 6.08 Å². The zero-order valence-electron chi connectivity index (χ0n) is 13.8. The van der Waals surface area contributed by atoms with E-state index < -0.39 is 11.7 Å². The number of aryl methyl sites for hydroxylation is 1. The second-order valence-electron chi connectivity index (χ2n) is 5.62. The zero-order valence-corrected chi connectivity index (χ0v) is 15.4. The first-order valence-electron chi connectivity index (χ1n) is 7.84. The van der Waals surface area contributed by atoms with Gasteiger partial charge in [-0.25, -0.2) is 4.79 Å². The maximum absolute atomic E-state index is 12.7. The van der Waals surface area contributed by atoms with Crippen molar-refractivity contribution in [2.45, 2.75) is 13.3 Å². The summed E-state index contributed by atoms with van der Waals surface area (Å²) in [7, 11) is 0. The molecule has 3 rings (SSSR count). The topological polar surface area (TPSA) is 77.8 Å². The molecule has 2 aromatic rings. The molecule has 0 bridgehead atoms. The molecule has 7 heteroatoms. The summed E-state index contributed by atoms with van der Waals surface area (Å²) in [5.41, 5.74) is 2.21. The van der Waals surface area contributed by atoms with Gasteiger partial charge in [0, 0.05) is 6.07 Å². The van der Waals surface area contributed by atoms with Gasteiger partial charge in [-0.1, -0.05) is 55.2 Å². The van der Waals surface area contributed by atoms with Gasteiger partial charge in [0.2, 0.25) is 0 Å². The Labute approximate surface area is 160 Å². The van der Waals surface area contributed by atoms with Crippen molar-refractivity contribution in [3.8, 4) is 5.75 Å². The van der Waals surface area contributed by atoms with E-state index in [0.29, 0.717) is 14.9 Å². The third kappa shape index (κ3) is 3.49. The van der Waals surface area contributed by atoms with Crippen molar-refractivity contribution in [2.75, 3.05) is 4.90 Å². The predicted molar refractivity (Wildman–Crippen MR) is 107 cm³/mol. The van der Waals surface area contributed by atoms with E-state index in [2.05, 4.69) is 6.92 Å². The summed E-state index contributed by atoms with van der Waals surface area (Å²) in [5, 5.41) is 18.9. The number of thiocarbonyl (C=S) groups is 1. The maximum atomic E-state index is 12.7. The summed E-state index contributed by atoms with van der Waals surface area (Å²) in [6.07, 6.45) is 2.71. The monoisotopic (exact) mass is 385 g/mol. The van der Waals surface area contributed by atoms with Crippen LogP contribution in [0.1, 0.15) is 28.4 Å². The molecule has 1 aliphatic heterocycles. The Morgan fingerprint density at radius 3 is 2.50 bits per heavy atom. The van der Waals surface area contributed by atoms with Gasteiger partial charge in [-0.15, -0.1) is 0 Å². The molecular formula is C19H15NO4S2. The highest BCUT2D eigenvalue weighted by molar-refractivity contribution is 8.27. The Bertz CT molecular complexity index is 935. The highest BCUT2D eigenvalue weighted by Gasteiger charge is 2.33. The van der Waals surface area contributed by atoms with Crippen LogP contribution in [0, 0.1) is 0 Å². The van der Waals surface area contributed by atoms with Gasteiger partial charge in [0.05, 0.1) is 10.6 Å². The van der Waals surface area contributed by atoms with Crippen LogP contribution in [-0.4, -0.2) is 26.4 Å². The molecule has 0 saturated carbocycles. The Balaban J connectivity index is 1.90. The lowest BCUT2D eigenvalue weighted by molar-refractivity contribution is -0.113. The van der Waals surface area contributed by atoms with Crippen molar-refractivity contribution in [1.82, 2.24) is 0 Å². The second kappa shape index (κ2) is 7.31. The van der Waals surface area contributed by atoms with Crippen molar-refractivity contribution < 1.29 is 19.8 Å². The number of aromatic carboxylic acids is 1. The molecule has 0 spiro atoms. The fraction of sp³-hybridized carbons (Fsp3) is 0.105. The molecule has 0 aliphatic carbocycles. The number of hydrogen-bond acceptors (Lipinski definition) is 5. The summed E-state index contributed by atoms with van der Waals surface area (Å²) in [6.45, 7) is 2.07. The molecule has 0 radical (unpaired) electrons. The van der Waals surface area contributed by atoms with E-state index in [9.17, 15) is 14.7 Å². The number of phenols is 1. The normalized spacial score (nSPS) is 15.7. The van der Waals surface area contributed by atoms with E-state index in [-0.39, 0.29) is 11.5 Å². The summed E-state index contributed by atoms with van der Waals surface area (Å²) >= 11 is 6.46. The summed E-state index contributed by atoms with van der Waals surface area (Å²) in [4.78, 5) is 25.5. The minimum atomic E-state index is -1.24. The fourth-order valence-corrected chi connectivity index (χ4v) is 3.83. The number of nitrogens with zero attached hydrogens (tertiary/aromatic N) is 1. The number of carbonyl (C=O) groups excluding carboxylic acids is 1. The third-order valence-corrected chi connectivity index (χ3v) is 5.25. The van der Waals surface area contributed by atoms with Gasteiger partial charge in [-0.2, -0.15) is 0 Å². The Morgan fingerprint density at radius 1 is 1.23 bits per heavy atom. The average molecular weight is 385 g/mol. The largest absolute Gasteiger partial charge is 0.507 e. The highest BCUT2D eigenvalue weighted by atomic mass is 32.2. The van der Waals surface area contributed by atoms with Gasteiger partial charge in [0.1, 0.15) is 11.3 Å². The standard InChI is InChI=1S/C19H15NO4S2/c1-2-11-3-5-12(6-4-11)9-16-17(22)20(19(25)26-16)13-7-8-14(18(23)24)15(21)10-13/h3-10,21H,2H2,1H3,(H,23,24). The van der Waals surface area contributed by atoms with Crippen LogP contribution in [0.15, 0.2) is 47.4 Å². The molecule has 132 valence electrons. The Morgan fingerprint density at radius 2 is 1.92 bits per heavy atom. The fourth-order valence-electron chi connectivity index (χ4n) is 2.53. The SMILES string of the molecule is CCc1ccc(C=C2SC(=S)N(c3ccc(C(=O)O)c(O)c3)C2=O)cc1. The molecular weight excluding hydrogens is 370 g/mol. The zero-order chi connectivity index (χ0) is 18.8. The first kappa shape index (κ1) is 18.2. The second-order valence-corrected chi connectivity index (χ2v) is 7.29. The lowest BCUT2D eigenvalue weighted by Crippen LogP contribution is -2.27. The molecule has 1 saturated heterocycles. The van der Waals surface area contributed by atoms with E-state index in [0.717, 1.165) is 12.0 Å². The van der Waals surface area contributed by atoms with Gasteiger partial charge in [0.25, 0.3) is 5.91 Å². The van der Waals surface area contributed by atoms with Crippen LogP contribution < -0.4 is 4.90 Å². The van der Waals surface area contributed by atoms with E-state index in [1.54, 1.807) is 6.08 Å². The quantitative estimate of drug-likeness (QED) is 0.610. The number of amides is 1. The number of carboxylic acids is 1. The first-order chi connectivity index (χ1) is 12.4. The number of benzene rings is 2. The molecule has 5 nitrogen and oxygen atoms in total. The van der Waals surface area contributed by atoms with Gasteiger partial charge < -0.3 is 10.2 Å². The summed E-state index contributed by atoms with van der Waals surface area (Å²) in [5.74, 6) is -1.96. The van der Waals surface area contributed by atoms with Crippen LogP contribution in [0.3, 0.4) is 0 Å². The van der Waals surface area contributed by atoms with Gasteiger partial charge in [-0.3, -0.25) is 9.69 Å². The van der Waals surface area contributed by atoms with Crippen molar-refractivity contribution >= 4 is 51.9 Å². The molecule has 26 heavy (non-hydrogen) atoms. The maximum Gasteiger partial charge on any atom is 0.339 e. The van der Waals surface area contributed by atoms with Crippen LogP contribution in [0.2, 0.25) is 0 Å². The Hall–Kier alpha value is -2.64. The van der Waals surface area contributed by atoms with Crippen LogP contribution >= 0.6 is 24.0 Å². The smallest absolute Gasteiger partial charge is 0.339 e. The van der Waals surface area contributed by atoms with Crippen LogP contribution in [0.4, 0.5) is 5.69 Å². The van der Waals surface area contributed by atoms with Crippen LogP contribution in [0.5, 0.6) is 5.75 Å². The predicted octanol–water partition coefficient (Wildman–Crippen LogP) is 4.06. The molecule has 0 atom stereocenters. The average Bonchev–Trinajstić information content (AvgIpc) is 2.88. The number of aromatic hydroxyl groups is 1. The van der Waals surface area contributed by atoms with E-state index in [1.165, 1.54) is 40.4 Å². The molecule has 1 fully saturated rings. The number of thioether (sulfide) groups is 1. The van der Waals surface area contributed by atoms with E-state index in [4.69, 9.17) is 17.3 Å². The number of anilines is 1. The first-order valence-corrected chi connectivity index (χ1v) is 9.06.